The standard InChI is InChI=1S/C12H15NO4/c1-4-5-17-12(14)8-6-10(15-2)11(16-3)7-9(8)13/h4,6-7H,1,5,13H2,2-3H3. The van der Waals surface area contributed by atoms with Gasteiger partial charge >= 0.3 is 5.97 Å². The number of hydrogen-bond acceptors (Lipinski definition) is 5. The monoisotopic (exact) mass is 237 g/mol. The first-order valence-corrected chi connectivity index (χ1v) is 4.93. The normalized spacial score (nSPS) is 9.53. The summed E-state index contributed by atoms with van der Waals surface area (Å²) in [5.41, 5.74) is 6.25. The third kappa shape index (κ3) is 2.90. The van der Waals surface area contributed by atoms with Crippen LogP contribution in [0.2, 0.25) is 0 Å². The fraction of sp³-hybridized carbons (Fsp3) is 0.250. The minimum absolute atomic E-state index is 0.132. The molecule has 0 bridgehead atoms. The minimum atomic E-state index is -0.525. The maximum absolute atomic E-state index is 11.6. The summed E-state index contributed by atoms with van der Waals surface area (Å²) < 4.78 is 15.0. The molecule has 0 amide bonds. The number of benzene rings is 1. The topological polar surface area (TPSA) is 70.8 Å². The molecule has 0 fully saturated rings. The molecule has 17 heavy (non-hydrogen) atoms. The second kappa shape index (κ2) is 5.79. The predicted molar refractivity (Wildman–Crippen MR) is 64.4 cm³/mol. The van der Waals surface area contributed by atoms with Crippen LogP contribution < -0.4 is 15.2 Å². The molecule has 0 aromatic heterocycles. The van der Waals surface area contributed by atoms with Gasteiger partial charge in [-0.3, -0.25) is 0 Å². The van der Waals surface area contributed by atoms with Crippen LogP contribution in [0.25, 0.3) is 0 Å². The molecule has 0 aliphatic carbocycles. The van der Waals surface area contributed by atoms with Crippen LogP contribution in [0.3, 0.4) is 0 Å². The molecule has 0 atom stereocenters. The molecule has 0 aliphatic rings. The molecule has 1 rings (SSSR count). The number of rotatable bonds is 5. The average molecular weight is 237 g/mol. The number of anilines is 1. The zero-order valence-corrected chi connectivity index (χ0v) is 9.86. The van der Waals surface area contributed by atoms with Crippen LogP contribution in [0.1, 0.15) is 10.4 Å². The molecule has 1 aromatic carbocycles. The zero-order chi connectivity index (χ0) is 12.8. The number of ether oxygens (including phenoxy) is 3. The third-order valence-electron chi connectivity index (χ3n) is 2.11. The number of carbonyl (C=O) groups is 1. The summed E-state index contributed by atoms with van der Waals surface area (Å²) in [7, 11) is 2.97. The Labute approximate surface area is 99.8 Å². The predicted octanol–water partition coefficient (Wildman–Crippen LogP) is 1.63. The molecule has 0 heterocycles. The van der Waals surface area contributed by atoms with E-state index in [1.807, 2.05) is 0 Å². The molecular formula is C12H15NO4. The van der Waals surface area contributed by atoms with Crippen molar-refractivity contribution in [2.75, 3.05) is 26.6 Å². The summed E-state index contributed by atoms with van der Waals surface area (Å²) in [6, 6.07) is 3.00. The number of carbonyl (C=O) groups excluding carboxylic acids is 1. The summed E-state index contributed by atoms with van der Waals surface area (Å²) in [4.78, 5) is 11.6. The second-order valence-corrected chi connectivity index (χ2v) is 3.18. The summed E-state index contributed by atoms with van der Waals surface area (Å²) in [6.07, 6.45) is 1.48. The first-order chi connectivity index (χ1) is 8.13. The van der Waals surface area contributed by atoms with Gasteiger partial charge in [0.1, 0.15) is 6.61 Å². The van der Waals surface area contributed by atoms with E-state index in [1.165, 1.54) is 32.4 Å². The van der Waals surface area contributed by atoms with Gasteiger partial charge in [-0.25, -0.2) is 4.79 Å². The Balaban J connectivity index is 3.07. The molecule has 92 valence electrons. The quantitative estimate of drug-likeness (QED) is 0.478. The van der Waals surface area contributed by atoms with Gasteiger partial charge < -0.3 is 19.9 Å². The Morgan fingerprint density at radius 3 is 2.47 bits per heavy atom. The van der Waals surface area contributed by atoms with Crippen molar-refractivity contribution in [3.8, 4) is 11.5 Å². The van der Waals surface area contributed by atoms with Crippen molar-refractivity contribution >= 4 is 11.7 Å². The molecule has 0 aliphatic heterocycles. The summed E-state index contributed by atoms with van der Waals surface area (Å²) in [5.74, 6) is 0.362. The molecule has 0 unspecified atom stereocenters. The largest absolute Gasteiger partial charge is 0.493 e. The van der Waals surface area contributed by atoms with Crippen molar-refractivity contribution in [2.24, 2.45) is 0 Å². The van der Waals surface area contributed by atoms with E-state index in [0.717, 1.165) is 0 Å². The lowest BCUT2D eigenvalue weighted by atomic mass is 10.1. The van der Waals surface area contributed by atoms with E-state index in [2.05, 4.69) is 6.58 Å². The van der Waals surface area contributed by atoms with Crippen LogP contribution >= 0.6 is 0 Å². The highest BCUT2D eigenvalue weighted by molar-refractivity contribution is 5.96. The number of hydrogen-bond donors (Lipinski definition) is 1. The van der Waals surface area contributed by atoms with Gasteiger partial charge in [0.15, 0.2) is 11.5 Å². The molecule has 5 heteroatoms. The number of nitrogen functional groups attached to an aromatic ring is 1. The van der Waals surface area contributed by atoms with E-state index in [0.29, 0.717) is 11.5 Å². The highest BCUT2D eigenvalue weighted by atomic mass is 16.5. The van der Waals surface area contributed by atoms with Gasteiger partial charge in [-0.1, -0.05) is 12.7 Å². The fourth-order valence-electron chi connectivity index (χ4n) is 1.28. The number of esters is 1. The van der Waals surface area contributed by atoms with E-state index in [-0.39, 0.29) is 17.9 Å². The van der Waals surface area contributed by atoms with Crippen LogP contribution in [0.4, 0.5) is 5.69 Å². The summed E-state index contributed by atoms with van der Waals surface area (Å²) in [5, 5.41) is 0. The Bertz CT molecular complexity index is 429. The van der Waals surface area contributed by atoms with Crippen LogP contribution in [0, 0.1) is 0 Å². The lowest BCUT2D eigenvalue weighted by Gasteiger charge is -2.11. The molecule has 2 N–H and O–H groups in total. The SMILES string of the molecule is C=CCOC(=O)c1cc(OC)c(OC)cc1N. The first-order valence-electron chi connectivity index (χ1n) is 4.93. The Hall–Kier alpha value is -2.17. The maximum atomic E-state index is 11.6. The van der Waals surface area contributed by atoms with Crippen LogP contribution in [-0.2, 0) is 4.74 Å². The van der Waals surface area contributed by atoms with Crippen molar-refractivity contribution in [1.29, 1.82) is 0 Å². The van der Waals surface area contributed by atoms with Crippen LogP contribution in [0.15, 0.2) is 24.8 Å². The average Bonchev–Trinajstić information content (AvgIpc) is 2.35. The smallest absolute Gasteiger partial charge is 0.340 e. The summed E-state index contributed by atoms with van der Waals surface area (Å²) >= 11 is 0. The first kappa shape index (κ1) is 12.9. The van der Waals surface area contributed by atoms with Gasteiger partial charge in [-0.2, -0.15) is 0 Å². The van der Waals surface area contributed by atoms with Crippen molar-refractivity contribution < 1.29 is 19.0 Å². The molecule has 5 nitrogen and oxygen atoms in total. The molecule has 0 spiro atoms. The Morgan fingerprint density at radius 2 is 1.94 bits per heavy atom. The van der Waals surface area contributed by atoms with E-state index in [4.69, 9.17) is 19.9 Å². The van der Waals surface area contributed by atoms with Gasteiger partial charge in [0.2, 0.25) is 0 Å². The molecule has 1 aromatic rings. The minimum Gasteiger partial charge on any atom is -0.493 e. The lowest BCUT2D eigenvalue weighted by Crippen LogP contribution is -2.09. The van der Waals surface area contributed by atoms with E-state index < -0.39 is 5.97 Å². The van der Waals surface area contributed by atoms with E-state index in [9.17, 15) is 4.79 Å². The van der Waals surface area contributed by atoms with Gasteiger partial charge in [0, 0.05) is 12.1 Å². The third-order valence-corrected chi connectivity index (χ3v) is 2.11. The summed E-state index contributed by atoms with van der Waals surface area (Å²) in [6.45, 7) is 3.59. The maximum Gasteiger partial charge on any atom is 0.340 e. The Morgan fingerprint density at radius 1 is 1.35 bits per heavy atom. The van der Waals surface area contributed by atoms with Crippen LogP contribution in [-0.4, -0.2) is 26.8 Å². The van der Waals surface area contributed by atoms with Gasteiger partial charge in [-0.15, -0.1) is 0 Å². The van der Waals surface area contributed by atoms with E-state index >= 15 is 0 Å². The van der Waals surface area contributed by atoms with Crippen molar-refractivity contribution in [2.45, 2.75) is 0 Å². The highest BCUT2D eigenvalue weighted by Crippen LogP contribution is 2.32. The van der Waals surface area contributed by atoms with Crippen LogP contribution in [0.5, 0.6) is 11.5 Å². The van der Waals surface area contributed by atoms with Gasteiger partial charge in [-0.05, 0) is 0 Å². The molecule has 0 saturated heterocycles. The van der Waals surface area contributed by atoms with Gasteiger partial charge in [0.25, 0.3) is 0 Å². The van der Waals surface area contributed by atoms with Crippen molar-refractivity contribution in [1.82, 2.24) is 0 Å². The second-order valence-electron chi connectivity index (χ2n) is 3.18. The Kier molecular flexibility index (Phi) is 4.39. The molecule has 0 saturated carbocycles. The fourth-order valence-corrected chi connectivity index (χ4v) is 1.28. The number of nitrogens with two attached hydrogens (primary N) is 1. The number of methoxy groups -OCH3 is 2. The van der Waals surface area contributed by atoms with Crippen molar-refractivity contribution in [3.63, 3.8) is 0 Å². The van der Waals surface area contributed by atoms with Gasteiger partial charge in [0.05, 0.1) is 25.5 Å². The molecule has 0 radical (unpaired) electrons. The van der Waals surface area contributed by atoms with Crippen molar-refractivity contribution in [3.05, 3.63) is 30.4 Å². The van der Waals surface area contributed by atoms with E-state index in [1.54, 1.807) is 0 Å². The lowest BCUT2D eigenvalue weighted by molar-refractivity contribution is 0.0550. The highest BCUT2D eigenvalue weighted by Gasteiger charge is 2.15. The zero-order valence-electron chi connectivity index (χ0n) is 9.86. The molecular weight excluding hydrogens is 222 g/mol.